The minimum atomic E-state index is -4.84. The van der Waals surface area contributed by atoms with Gasteiger partial charge < -0.3 is 14.4 Å². The standard InChI is InChI=1S/C29H32N8O7S4/c1-6-45(38)16-14-36(4)28-24(19-30)20(3)27(29(31-28)37(5)15-17-46(39)7-2)35-34-25-13-10-22(18-26(25)48(42,43)44)33-32-21-8-11-23(12-9-21)47(40)41/h6-13,18H,1-2,14-17H2,3-5H3,(H,40,41)(H,42,43,44). The quantitative estimate of drug-likeness (QED) is 0.105. The van der Waals surface area contributed by atoms with Crippen molar-refractivity contribution in [3.8, 4) is 6.07 Å². The number of hydrogen-bond acceptors (Lipinski definition) is 13. The Morgan fingerprint density at radius 3 is 1.96 bits per heavy atom. The van der Waals surface area contributed by atoms with Gasteiger partial charge in [0.2, 0.25) is 0 Å². The van der Waals surface area contributed by atoms with Crippen molar-refractivity contribution in [2.24, 2.45) is 20.5 Å². The molecule has 0 radical (unpaired) electrons. The van der Waals surface area contributed by atoms with E-state index in [1.54, 1.807) is 30.8 Å². The van der Waals surface area contributed by atoms with Crippen LogP contribution in [0.3, 0.4) is 0 Å². The number of anilines is 2. The van der Waals surface area contributed by atoms with Gasteiger partial charge in [-0.1, -0.05) is 13.2 Å². The van der Waals surface area contributed by atoms with E-state index < -0.39 is 47.7 Å². The van der Waals surface area contributed by atoms with E-state index in [0.29, 0.717) is 11.3 Å². The second-order valence-corrected chi connectivity index (χ2v) is 15.2. The van der Waals surface area contributed by atoms with E-state index >= 15 is 0 Å². The lowest BCUT2D eigenvalue weighted by atomic mass is 10.1. The van der Waals surface area contributed by atoms with Gasteiger partial charge in [0.05, 0.1) is 21.8 Å². The zero-order chi connectivity index (χ0) is 35.6. The van der Waals surface area contributed by atoms with Crippen LogP contribution in [-0.4, -0.2) is 73.8 Å². The lowest BCUT2D eigenvalue weighted by molar-refractivity contribution is 0.483. The third-order valence-electron chi connectivity index (χ3n) is 6.64. The van der Waals surface area contributed by atoms with Crippen LogP contribution in [0.15, 0.2) is 96.7 Å². The molecule has 3 aromatic rings. The van der Waals surface area contributed by atoms with Gasteiger partial charge in [0.15, 0.2) is 16.9 Å². The van der Waals surface area contributed by atoms with Crippen molar-refractivity contribution in [2.75, 3.05) is 48.5 Å². The maximum absolute atomic E-state index is 12.4. The fourth-order valence-electron chi connectivity index (χ4n) is 3.99. The van der Waals surface area contributed by atoms with Crippen LogP contribution < -0.4 is 9.80 Å². The first-order valence-corrected chi connectivity index (χ1v) is 19.0. The molecule has 0 bridgehead atoms. The van der Waals surface area contributed by atoms with Gasteiger partial charge >= 0.3 is 0 Å². The zero-order valence-electron chi connectivity index (χ0n) is 26.1. The molecule has 0 amide bonds. The monoisotopic (exact) mass is 732 g/mol. The Bertz CT molecular complexity index is 1980. The van der Waals surface area contributed by atoms with Crippen molar-refractivity contribution in [1.82, 2.24) is 4.98 Å². The van der Waals surface area contributed by atoms with E-state index in [1.807, 2.05) is 0 Å². The second kappa shape index (κ2) is 17.2. The van der Waals surface area contributed by atoms with Gasteiger partial charge in [-0.15, -0.1) is 10.2 Å². The summed E-state index contributed by atoms with van der Waals surface area (Å²) in [5, 5.41) is 29.1. The number of pyridine rings is 1. The van der Waals surface area contributed by atoms with E-state index in [-0.39, 0.29) is 63.8 Å². The van der Waals surface area contributed by atoms with Gasteiger partial charge in [-0.2, -0.15) is 23.9 Å². The topological polar surface area (TPSA) is 218 Å². The van der Waals surface area contributed by atoms with Gasteiger partial charge in [-0.25, -0.2) is 9.19 Å². The fourth-order valence-corrected chi connectivity index (χ4v) is 6.25. The van der Waals surface area contributed by atoms with E-state index in [1.165, 1.54) is 47.2 Å². The predicted octanol–water partition coefficient (Wildman–Crippen LogP) is 5.58. The normalized spacial score (nSPS) is 13.6. The molecule has 48 heavy (non-hydrogen) atoms. The highest BCUT2D eigenvalue weighted by atomic mass is 32.2. The summed E-state index contributed by atoms with van der Waals surface area (Å²) >= 11 is -2.17. The summed E-state index contributed by atoms with van der Waals surface area (Å²) < 4.78 is 79.1. The molecule has 2 N–H and O–H groups in total. The summed E-state index contributed by atoms with van der Waals surface area (Å²) in [6.45, 7) is 9.19. The summed E-state index contributed by atoms with van der Waals surface area (Å²) in [4.78, 5) is 7.54. The minimum Gasteiger partial charge on any atom is -0.358 e. The average molecular weight is 733 g/mol. The van der Waals surface area contributed by atoms with Crippen molar-refractivity contribution in [1.29, 1.82) is 5.26 Å². The maximum Gasteiger partial charge on any atom is 0.296 e. The van der Waals surface area contributed by atoms with Crippen molar-refractivity contribution < 1.29 is 30.1 Å². The second-order valence-electron chi connectivity index (χ2n) is 9.84. The number of rotatable bonds is 16. The highest BCUT2D eigenvalue weighted by Gasteiger charge is 2.23. The highest BCUT2D eigenvalue weighted by Crippen LogP contribution is 2.38. The highest BCUT2D eigenvalue weighted by molar-refractivity contribution is 7.88. The number of azo groups is 2. The smallest absolute Gasteiger partial charge is 0.296 e. The van der Waals surface area contributed by atoms with Gasteiger partial charge in [0.1, 0.15) is 28.2 Å². The van der Waals surface area contributed by atoms with Crippen LogP contribution in [0.1, 0.15) is 11.1 Å². The summed E-state index contributed by atoms with van der Waals surface area (Å²) in [6.07, 6.45) is 0. The summed E-state index contributed by atoms with van der Waals surface area (Å²) in [5.74, 6) is 0.949. The molecule has 1 heterocycles. The Labute approximate surface area is 285 Å². The molecule has 15 nitrogen and oxygen atoms in total. The molecule has 1 aromatic heterocycles. The van der Waals surface area contributed by atoms with Crippen LogP contribution in [-0.2, 0) is 42.8 Å². The molecule has 0 saturated carbocycles. The molecule has 0 aliphatic rings. The van der Waals surface area contributed by atoms with Gasteiger partial charge in [-0.3, -0.25) is 13.0 Å². The Morgan fingerprint density at radius 2 is 1.44 bits per heavy atom. The van der Waals surface area contributed by atoms with Crippen LogP contribution in [0, 0.1) is 18.3 Å². The Balaban J connectivity index is 2.10. The van der Waals surface area contributed by atoms with Crippen LogP contribution in [0.4, 0.5) is 34.4 Å². The number of benzene rings is 2. The predicted molar refractivity (Wildman–Crippen MR) is 187 cm³/mol. The zero-order valence-corrected chi connectivity index (χ0v) is 29.4. The van der Waals surface area contributed by atoms with Gasteiger partial charge in [0, 0.05) is 65.9 Å². The largest absolute Gasteiger partial charge is 0.358 e. The lowest BCUT2D eigenvalue weighted by Gasteiger charge is -2.25. The molecule has 254 valence electrons. The fraction of sp³-hybridized carbons (Fsp3) is 0.241. The number of nitriles is 1. The molecule has 0 aliphatic carbocycles. The molecule has 0 aliphatic heterocycles. The molecule has 3 unspecified atom stereocenters. The Kier molecular flexibility index (Phi) is 13.7. The number of aromatic nitrogens is 1. The van der Waals surface area contributed by atoms with Gasteiger partial charge in [0.25, 0.3) is 10.1 Å². The summed E-state index contributed by atoms with van der Waals surface area (Å²) in [6, 6.07) is 11.5. The van der Waals surface area contributed by atoms with Crippen molar-refractivity contribution in [3.63, 3.8) is 0 Å². The van der Waals surface area contributed by atoms with Crippen LogP contribution >= 0.6 is 0 Å². The third kappa shape index (κ3) is 10.1. The average Bonchev–Trinajstić information content (AvgIpc) is 3.07. The molecular formula is C29H32N8O7S4. The molecule has 3 atom stereocenters. The Morgan fingerprint density at radius 1 is 0.896 bits per heavy atom. The summed E-state index contributed by atoms with van der Waals surface area (Å²) in [5.41, 5.74) is 0.716. The first-order valence-electron chi connectivity index (χ1n) is 13.7. The maximum atomic E-state index is 12.4. The van der Waals surface area contributed by atoms with Crippen LogP contribution in [0.25, 0.3) is 0 Å². The van der Waals surface area contributed by atoms with Crippen LogP contribution in [0.5, 0.6) is 0 Å². The number of hydrogen-bond donors (Lipinski definition) is 2. The molecule has 3 rings (SSSR count). The van der Waals surface area contributed by atoms with Gasteiger partial charge in [-0.05, 0) is 60.2 Å². The van der Waals surface area contributed by atoms with E-state index in [2.05, 4.69) is 44.7 Å². The van der Waals surface area contributed by atoms with Crippen molar-refractivity contribution in [2.45, 2.75) is 16.7 Å². The van der Waals surface area contributed by atoms with E-state index in [0.717, 1.165) is 6.07 Å². The lowest BCUT2D eigenvalue weighted by Crippen LogP contribution is -2.28. The first kappa shape index (κ1) is 38.1. The number of nitrogens with zero attached hydrogens (tertiary/aromatic N) is 8. The van der Waals surface area contributed by atoms with E-state index in [9.17, 15) is 30.9 Å². The van der Waals surface area contributed by atoms with Crippen molar-refractivity contribution >= 4 is 77.2 Å². The SMILES string of the molecule is C=CS(=O)CCN(C)c1nc(N(C)CCS(=O)C=C)c(N=Nc2ccc(N=Nc3ccc(S(=O)O)cc3)cc2S(=O)(=O)O)c(C)c1C#N. The molecule has 2 aromatic carbocycles. The molecule has 0 spiro atoms. The van der Waals surface area contributed by atoms with Crippen LogP contribution in [0.2, 0.25) is 0 Å². The molecule has 0 fully saturated rings. The Hall–Kier alpha value is -4.32. The minimum absolute atomic E-state index is 0.0430. The van der Waals surface area contributed by atoms with E-state index in [4.69, 9.17) is 4.55 Å². The third-order valence-corrected chi connectivity index (χ3v) is 10.1. The first-order chi connectivity index (χ1) is 22.7. The van der Waals surface area contributed by atoms with Crippen molar-refractivity contribution in [3.05, 3.63) is 77.6 Å². The summed E-state index contributed by atoms with van der Waals surface area (Å²) in [7, 11) is -4.10. The molecule has 0 saturated heterocycles. The molecule has 19 heteroatoms. The molecular weight excluding hydrogens is 701 g/mol.